The molecule has 1 aromatic heterocycles. The molecule has 174 valence electrons. The highest BCUT2D eigenvalue weighted by atomic mass is 32.2. The van der Waals surface area contributed by atoms with Crippen molar-refractivity contribution in [1.82, 2.24) is 4.57 Å². The average Bonchev–Trinajstić information content (AvgIpc) is 3.15. The van der Waals surface area contributed by atoms with Gasteiger partial charge in [-0.3, -0.25) is 9.52 Å². The highest BCUT2D eigenvalue weighted by Crippen LogP contribution is 2.33. The molecule has 2 N–H and O–H groups in total. The molecule has 0 fully saturated rings. The van der Waals surface area contributed by atoms with Crippen LogP contribution in [0.3, 0.4) is 0 Å². The maximum atomic E-state index is 12.8. The topological polar surface area (TPSA) is 98.7 Å². The number of anilines is 2. The molecule has 0 bridgehead atoms. The first-order valence-corrected chi connectivity index (χ1v) is 12.2. The summed E-state index contributed by atoms with van der Waals surface area (Å²) < 4.78 is 41.0. The number of sulfonamides is 1. The third kappa shape index (κ3) is 4.42. The summed E-state index contributed by atoms with van der Waals surface area (Å²) in [6.07, 6.45) is 2.19. The zero-order chi connectivity index (χ0) is 23.7. The highest BCUT2D eigenvalue weighted by Gasteiger charge is 2.19. The van der Waals surface area contributed by atoms with E-state index in [1.807, 2.05) is 42.1 Å². The molecule has 5 rings (SSSR count). The summed E-state index contributed by atoms with van der Waals surface area (Å²) in [6.45, 7) is 0.805. The van der Waals surface area contributed by atoms with Crippen molar-refractivity contribution >= 4 is 38.2 Å². The molecule has 1 aliphatic rings. The van der Waals surface area contributed by atoms with E-state index >= 15 is 0 Å². The number of nitrogens with one attached hydrogen (secondary N) is 2. The Hall–Kier alpha value is -3.98. The van der Waals surface area contributed by atoms with Gasteiger partial charge in [-0.05, 0) is 48.0 Å². The minimum absolute atomic E-state index is 0.0733. The number of carbonyl (C=O) groups is 1. The molecule has 2 heterocycles. The van der Waals surface area contributed by atoms with Crippen molar-refractivity contribution in [3.63, 3.8) is 0 Å². The molecule has 8 nitrogen and oxygen atoms in total. The van der Waals surface area contributed by atoms with Crippen LogP contribution in [-0.2, 0) is 28.3 Å². The van der Waals surface area contributed by atoms with Crippen molar-refractivity contribution in [2.24, 2.45) is 7.05 Å². The van der Waals surface area contributed by atoms with Crippen LogP contribution in [0.1, 0.15) is 5.56 Å². The molecule has 0 spiro atoms. The number of benzene rings is 3. The summed E-state index contributed by atoms with van der Waals surface area (Å²) in [4.78, 5) is 12.7. The second-order valence-electron chi connectivity index (χ2n) is 8.00. The first-order valence-electron chi connectivity index (χ1n) is 10.7. The van der Waals surface area contributed by atoms with E-state index in [4.69, 9.17) is 9.47 Å². The average molecular weight is 478 g/mol. The second-order valence-corrected chi connectivity index (χ2v) is 9.68. The number of ether oxygens (including phenoxy) is 2. The van der Waals surface area contributed by atoms with Gasteiger partial charge < -0.3 is 19.4 Å². The van der Waals surface area contributed by atoms with Crippen LogP contribution in [0.25, 0.3) is 10.9 Å². The van der Waals surface area contributed by atoms with Crippen molar-refractivity contribution in [2.45, 2.75) is 11.3 Å². The Morgan fingerprint density at radius 3 is 2.44 bits per heavy atom. The Balaban J connectivity index is 1.25. The van der Waals surface area contributed by atoms with Gasteiger partial charge in [0.05, 0.1) is 11.3 Å². The Kier molecular flexibility index (Phi) is 5.62. The van der Waals surface area contributed by atoms with Gasteiger partial charge in [0.15, 0.2) is 11.5 Å². The summed E-state index contributed by atoms with van der Waals surface area (Å²) in [5.41, 5.74) is 2.97. The zero-order valence-electron chi connectivity index (χ0n) is 18.4. The molecule has 1 aliphatic heterocycles. The second kappa shape index (κ2) is 8.75. The third-order valence-corrected chi connectivity index (χ3v) is 6.95. The SMILES string of the molecule is Cn1cc(CC(=O)Nc2ccc(NS(=O)(=O)c3ccc4c(c3)OCCO4)cc2)c2ccccc21. The number of hydrogen-bond acceptors (Lipinski definition) is 5. The van der Waals surface area contributed by atoms with Crippen molar-refractivity contribution in [3.05, 3.63) is 78.5 Å². The van der Waals surface area contributed by atoms with E-state index in [0.29, 0.717) is 36.1 Å². The summed E-state index contributed by atoms with van der Waals surface area (Å²) in [5.74, 6) is 0.771. The van der Waals surface area contributed by atoms with Gasteiger partial charge >= 0.3 is 0 Å². The molecule has 0 saturated heterocycles. The molecular formula is C25H23N3O5S. The lowest BCUT2D eigenvalue weighted by atomic mass is 10.1. The van der Waals surface area contributed by atoms with Crippen LogP contribution in [0, 0.1) is 0 Å². The van der Waals surface area contributed by atoms with E-state index < -0.39 is 10.0 Å². The Bertz CT molecular complexity index is 1480. The van der Waals surface area contributed by atoms with Gasteiger partial charge in [0, 0.05) is 41.6 Å². The van der Waals surface area contributed by atoms with Crippen LogP contribution in [-0.4, -0.2) is 32.1 Å². The van der Waals surface area contributed by atoms with E-state index in [9.17, 15) is 13.2 Å². The van der Waals surface area contributed by atoms with Crippen molar-refractivity contribution in [1.29, 1.82) is 0 Å². The van der Waals surface area contributed by atoms with Crippen molar-refractivity contribution < 1.29 is 22.7 Å². The molecule has 3 aromatic carbocycles. The fourth-order valence-corrected chi connectivity index (χ4v) is 5.04. The summed E-state index contributed by atoms with van der Waals surface area (Å²) in [5, 5.41) is 3.91. The van der Waals surface area contributed by atoms with Gasteiger partial charge in [-0.25, -0.2) is 8.42 Å². The number of amides is 1. The molecule has 1 amide bonds. The minimum atomic E-state index is -3.82. The maximum Gasteiger partial charge on any atom is 0.262 e. The van der Waals surface area contributed by atoms with Crippen LogP contribution in [0.5, 0.6) is 11.5 Å². The van der Waals surface area contributed by atoms with Gasteiger partial charge in [0.1, 0.15) is 13.2 Å². The Morgan fingerprint density at radius 1 is 0.941 bits per heavy atom. The highest BCUT2D eigenvalue weighted by molar-refractivity contribution is 7.92. The number of hydrogen-bond donors (Lipinski definition) is 2. The monoisotopic (exact) mass is 477 g/mol. The maximum absolute atomic E-state index is 12.8. The zero-order valence-corrected chi connectivity index (χ0v) is 19.3. The number of para-hydroxylation sites is 1. The largest absolute Gasteiger partial charge is 0.486 e. The Morgan fingerprint density at radius 2 is 1.65 bits per heavy atom. The summed E-state index contributed by atoms with van der Waals surface area (Å²) in [7, 11) is -1.86. The van der Waals surface area contributed by atoms with Crippen LogP contribution in [0.2, 0.25) is 0 Å². The van der Waals surface area contributed by atoms with Crippen LogP contribution < -0.4 is 19.5 Å². The molecule has 0 aliphatic carbocycles. The van der Waals surface area contributed by atoms with Gasteiger partial charge in [-0.1, -0.05) is 18.2 Å². The first kappa shape index (κ1) is 21.8. The molecule has 0 unspecified atom stereocenters. The first-order chi connectivity index (χ1) is 16.4. The van der Waals surface area contributed by atoms with Gasteiger partial charge in [-0.2, -0.15) is 0 Å². The molecule has 0 atom stereocenters. The molecule has 0 saturated carbocycles. The van der Waals surface area contributed by atoms with E-state index in [-0.39, 0.29) is 17.2 Å². The normalized spacial score (nSPS) is 13.0. The third-order valence-electron chi connectivity index (χ3n) is 5.58. The Labute approximate surface area is 197 Å². The van der Waals surface area contributed by atoms with Crippen LogP contribution in [0.4, 0.5) is 11.4 Å². The minimum Gasteiger partial charge on any atom is -0.486 e. The van der Waals surface area contributed by atoms with E-state index in [1.54, 1.807) is 30.3 Å². The van der Waals surface area contributed by atoms with E-state index in [1.165, 1.54) is 12.1 Å². The van der Waals surface area contributed by atoms with Gasteiger partial charge in [-0.15, -0.1) is 0 Å². The number of carbonyl (C=O) groups excluding carboxylic acids is 1. The lowest BCUT2D eigenvalue weighted by Gasteiger charge is -2.19. The molecule has 34 heavy (non-hydrogen) atoms. The molecule has 0 radical (unpaired) electrons. The van der Waals surface area contributed by atoms with Gasteiger partial charge in [0.25, 0.3) is 10.0 Å². The van der Waals surface area contributed by atoms with E-state index in [2.05, 4.69) is 10.0 Å². The molecule has 4 aromatic rings. The number of nitrogens with zero attached hydrogens (tertiary/aromatic N) is 1. The number of fused-ring (bicyclic) bond motifs is 2. The lowest BCUT2D eigenvalue weighted by molar-refractivity contribution is -0.115. The van der Waals surface area contributed by atoms with Crippen LogP contribution >= 0.6 is 0 Å². The van der Waals surface area contributed by atoms with E-state index in [0.717, 1.165) is 16.5 Å². The molecular weight excluding hydrogens is 454 g/mol. The number of aromatic nitrogens is 1. The number of rotatable bonds is 6. The summed E-state index contributed by atoms with van der Waals surface area (Å²) in [6, 6.07) is 18.9. The van der Waals surface area contributed by atoms with Crippen LogP contribution in [0.15, 0.2) is 77.8 Å². The predicted molar refractivity (Wildman–Crippen MR) is 130 cm³/mol. The quantitative estimate of drug-likeness (QED) is 0.438. The van der Waals surface area contributed by atoms with Crippen molar-refractivity contribution in [3.8, 4) is 11.5 Å². The standard InChI is InChI=1S/C25H23N3O5S/c1-28-16-17(21-4-2-3-5-22(21)28)14-25(29)26-18-6-8-19(9-7-18)27-34(30,31)20-10-11-23-24(15-20)33-13-12-32-23/h2-11,15-16,27H,12-14H2,1H3,(H,26,29). The fourth-order valence-electron chi connectivity index (χ4n) is 3.97. The van der Waals surface area contributed by atoms with Gasteiger partial charge in [0.2, 0.25) is 5.91 Å². The molecule has 9 heteroatoms. The lowest BCUT2D eigenvalue weighted by Crippen LogP contribution is -2.17. The van der Waals surface area contributed by atoms with Crippen molar-refractivity contribution in [2.75, 3.05) is 23.3 Å². The smallest absolute Gasteiger partial charge is 0.262 e. The fraction of sp³-hybridized carbons (Fsp3) is 0.160. The number of aryl methyl sites for hydroxylation is 1. The predicted octanol–water partition coefficient (Wildman–Crippen LogP) is 3.93. The summed E-state index contributed by atoms with van der Waals surface area (Å²) >= 11 is 0.